The van der Waals surface area contributed by atoms with Crippen LogP contribution in [0.3, 0.4) is 0 Å². The number of carbonyl (C=O) groups excluding carboxylic acids is 1. The molecule has 3 aromatic rings. The van der Waals surface area contributed by atoms with E-state index in [4.69, 9.17) is 0 Å². The first-order valence-electron chi connectivity index (χ1n) is 11.3. The van der Waals surface area contributed by atoms with Crippen LogP contribution in [-0.2, 0) is 11.3 Å². The van der Waals surface area contributed by atoms with Gasteiger partial charge in [-0.25, -0.2) is 0 Å². The van der Waals surface area contributed by atoms with Crippen molar-refractivity contribution in [3.05, 3.63) is 78.7 Å². The number of nitrogens with one attached hydrogen (secondary N) is 1. The number of phenols is 1. The molecular weight excluding hydrogens is 434 g/mol. The van der Waals surface area contributed by atoms with Crippen molar-refractivity contribution in [2.24, 2.45) is 0 Å². The fraction of sp³-hybridized carbons (Fsp3) is 0.308. The van der Waals surface area contributed by atoms with Gasteiger partial charge in [-0.2, -0.15) is 0 Å². The summed E-state index contributed by atoms with van der Waals surface area (Å²) in [5.74, 6) is -0.0735. The highest BCUT2D eigenvalue weighted by Crippen LogP contribution is 2.30. The number of hydrogen-bond donors (Lipinski definition) is 2. The highest BCUT2D eigenvalue weighted by molar-refractivity contribution is 7.07. The fourth-order valence-corrected chi connectivity index (χ4v) is 5.33. The van der Waals surface area contributed by atoms with Gasteiger partial charge in [-0.1, -0.05) is 43.7 Å². The lowest BCUT2D eigenvalue weighted by Crippen LogP contribution is -2.34. The molecule has 1 aromatic heterocycles. The molecular formula is C26H29N3O3S. The number of aromatic nitrogens is 1. The molecule has 7 heteroatoms. The van der Waals surface area contributed by atoms with Crippen molar-refractivity contribution in [2.45, 2.75) is 33.7 Å². The molecule has 1 aliphatic rings. The van der Waals surface area contributed by atoms with Gasteiger partial charge in [0.25, 0.3) is 11.5 Å². The smallest absolute Gasteiger partial charge is 0.269 e. The molecule has 2 N–H and O–H groups in total. The van der Waals surface area contributed by atoms with Crippen molar-refractivity contribution in [2.75, 3.05) is 25.0 Å². The van der Waals surface area contributed by atoms with Gasteiger partial charge in [0.1, 0.15) is 10.4 Å². The first kappa shape index (κ1) is 23.0. The number of anilines is 1. The number of amides is 1. The first-order valence-corrected chi connectivity index (χ1v) is 12.1. The summed E-state index contributed by atoms with van der Waals surface area (Å²) in [5, 5.41) is 13.1. The van der Waals surface area contributed by atoms with Crippen LogP contribution in [-0.4, -0.2) is 40.1 Å². The average Bonchev–Trinajstić information content (AvgIpc) is 3.28. The predicted molar refractivity (Wildman–Crippen MR) is 134 cm³/mol. The Labute approximate surface area is 197 Å². The van der Waals surface area contributed by atoms with Gasteiger partial charge in [0.15, 0.2) is 0 Å². The van der Waals surface area contributed by atoms with Crippen LogP contribution in [0.5, 0.6) is 5.75 Å². The molecule has 2 heterocycles. The number of benzene rings is 2. The summed E-state index contributed by atoms with van der Waals surface area (Å²) in [6, 6.07) is 12.8. The number of nitrogens with zero attached hydrogens (tertiary/aromatic N) is 2. The second kappa shape index (κ2) is 9.77. The highest BCUT2D eigenvalue weighted by Gasteiger charge is 2.27. The molecule has 0 bridgehead atoms. The van der Waals surface area contributed by atoms with Crippen molar-refractivity contribution in [1.82, 2.24) is 9.47 Å². The molecule has 0 unspecified atom stereocenters. The standard InChI is InChI=1S/C26H29N3O3S/c1-4-28(5-2)13-8-14-29-25(32)22(16-18-9-6-7-10-21(18)30)33-26(29)23-19-15-17(3)11-12-20(19)27-24(23)31/h6-7,9-12,15-16,30H,4-5,8,13-14H2,1-3H3,(H,27,31)/b22-16-,26-23-. The SMILES string of the molecule is CCN(CC)CCCn1c(=O)/c(=C/c2ccccc2O)s/c1=C1\C(=O)Nc2ccc(C)cc21. The Bertz CT molecular complexity index is 1370. The number of rotatable bonds is 7. The number of phenolic OH excluding ortho intramolecular Hbond substituents is 1. The lowest BCUT2D eigenvalue weighted by molar-refractivity contribution is -0.110. The van der Waals surface area contributed by atoms with E-state index in [-0.39, 0.29) is 17.2 Å². The molecule has 6 nitrogen and oxygen atoms in total. The van der Waals surface area contributed by atoms with E-state index in [2.05, 4.69) is 24.1 Å². The molecule has 33 heavy (non-hydrogen) atoms. The van der Waals surface area contributed by atoms with E-state index in [9.17, 15) is 14.7 Å². The molecule has 0 aliphatic carbocycles. The van der Waals surface area contributed by atoms with Crippen LogP contribution in [0.1, 0.15) is 37.0 Å². The van der Waals surface area contributed by atoms with Crippen LogP contribution in [0.25, 0.3) is 11.6 Å². The van der Waals surface area contributed by atoms with Gasteiger partial charge in [-0.3, -0.25) is 14.2 Å². The largest absolute Gasteiger partial charge is 0.507 e. The quantitative estimate of drug-likeness (QED) is 0.565. The highest BCUT2D eigenvalue weighted by atomic mass is 32.1. The van der Waals surface area contributed by atoms with E-state index in [1.165, 1.54) is 11.3 Å². The molecule has 1 amide bonds. The lowest BCUT2D eigenvalue weighted by Gasteiger charge is -2.17. The minimum atomic E-state index is -0.191. The number of aromatic hydroxyl groups is 1. The molecule has 0 atom stereocenters. The van der Waals surface area contributed by atoms with Crippen LogP contribution in [0.4, 0.5) is 5.69 Å². The summed E-state index contributed by atoms with van der Waals surface area (Å²) in [7, 11) is 0. The summed E-state index contributed by atoms with van der Waals surface area (Å²) in [5.41, 5.74) is 3.62. The minimum Gasteiger partial charge on any atom is -0.507 e. The van der Waals surface area contributed by atoms with Gasteiger partial charge < -0.3 is 15.3 Å². The maximum Gasteiger partial charge on any atom is 0.269 e. The minimum absolute atomic E-state index is 0.118. The summed E-state index contributed by atoms with van der Waals surface area (Å²) in [6.45, 7) is 9.56. The third kappa shape index (κ3) is 4.65. The molecule has 4 rings (SSSR count). The van der Waals surface area contributed by atoms with Crippen molar-refractivity contribution in [1.29, 1.82) is 0 Å². The van der Waals surface area contributed by atoms with Crippen LogP contribution < -0.4 is 20.1 Å². The fourth-order valence-electron chi connectivity index (χ4n) is 4.14. The Hall–Kier alpha value is -3.16. The number of hydrogen-bond acceptors (Lipinski definition) is 5. The van der Waals surface area contributed by atoms with E-state index < -0.39 is 0 Å². The van der Waals surface area contributed by atoms with E-state index in [1.54, 1.807) is 28.8 Å². The summed E-state index contributed by atoms with van der Waals surface area (Å²) < 4.78 is 2.88. The molecule has 0 radical (unpaired) electrons. The van der Waals surface area contributed by atoms with Gasteiger partial charge in [0.05, 0.1) is 10.1 Å². The summed E-state index contributed by atoms with van der Waals surface area (Å²) in [4.78, 5) is 28.8. The zero-order valence-corrected chi connectivity index (χ0v) is 20.0. The Morgan fingerprint density at radius 1 is 1.12 bits per heavy atom. The second-order valence-electron chi connectivity index (χ2n) is 8.19. The molecule has 2 aromatic carbocycles. The molecule has 0 spiro atoms. The Balaban J connectivity index is 1.91. The Morgan fingerprint density at radius 3 is 2.61 bits per heavy atom. The lowest BCUT2D eigenvalue weighted by atomic mass is 10.1. The average molecular weight is 464 g/mol. The van der Waals surface area contributed by atoms with Crippen molar-refractivity contribution >= 4 is 34.6 Å². The van der Waals surface area contributed by atoms with Crippen molar-refractivity contribution in [3.63, 3.8) is 0 Å². The van der Waals surface area contributed by atoms with E-state index >= 15 is 0 Å². The molecule has 0 fully saturated rings. The molecule has 0 saturated heterocycles. The summed E-state index contributed by atoms with van der Waals surface area (Å²) in [6.07, 6.45) is 2.51. The van der Waals surface area contributed by atoms with Gasteiger partial charge >= 0.3 is 0 Å². The van der Waals surface area contributed by atoms with Crippen LogP contribution >= 0.6 is 11.3 Å². The van der Waals surface area contributed by atoms with E-state index in [0.717, 1.165) is 42.9 Å². The van der Waals surface area contributed by atoms with Crippen molar-refractivity contribution in [3.8, 4) is 5.75 Å². The van der Waals surface area contributed by atoms with Crippen LogP contribution in [0.2, 0.25) is 0 Å². The number of carbonyl (C=O) groups is 1. The molecule has 0 saturated carbocycles. The number of fused-ring (bicyclic) bond motifs is 1. The zero-order valence-electron chi connectivity index (χ0n) is 19.2. The van der Waals surface area contributed by atoms with Gasteiger partial charge in [0.2, 0.25) is 0 Å². The normalized spacial score (nSPS) is 15.3. The number of thiazole rings is 1. The maximum atomic E-state index is 13.5. The Morgan fingerprint density at radius 2 is 1.88 bits per heavy atom. The van der Waals surface area contributed by atoms with E-state index in [0.29, 0.717) is 26.9 Å². The third-order valence-electron chi connectivity index (χ3n) is 6.02. The molecule has 1 aliphatic heterocycles. The number of para-hydroxylation sites is 1. The number of aryl methyl sites for hydroxylation is 1. The van der Waals surface area contributed by atoms with Gasteiger partial charge in [-0.05, 0) is 57.3 Å². The zero-order chi connectivity index (χ0) is 23.5. The van der Waals surface area contributed by atoms with E-state index in [1.807, 2.05) is 31.2 Å². The monoisotopic (exact) mass is 463 g/mol. The topological polar surface area (TPSA) is 74.6 Å². The van der Waals surface area contributed by atoms with Crippen LogP contribution in [0, 0.1) is 6.92 Å². The summed E-state index contributed by atoms with van der Waals surface area (Å²) >= 11 is 1.30. The predicted octanol–water partition coefficient (Wildman–Crippen LogP) is 2.64. The van der Waals surface area contributed by atoms with Crippen LogP contribution in [0.15, 0.2) is 47.3 Å². The van der Waals surface area contributed by atoms with Gasteiger partial charge in [-0.15, -0.1) is 11.3 Å². The molecule has 172 valence electrons. The second-order valence-corrected chi connectivity index (χ2v) is 9.22. The Kier molecular flexibility index (Phi) is 6.81. The van der Waals surface area contributed by atoms with Crippen molar-refractivity contribution < 1.29 is 9.90 Å². The van der Waals surface area contributed by atoms with Gasteiger partial charge in [0, 0.05) is 23.4 Å². The maximum absolute atomic E-state index is 13.5. The third-order valence-corrected chi connectivity index (χ3v) is 7.15. The first-order chi connectivity index (χ1) is 15.9.